The molecule has 190 valence electrons. The van der Waals surface area contributed by atoms with Crippen molar-refractivity contribution < 1.29 is 33.5 Å². The molecule has 1 unspecified atom stereocenters. The SMILES string of the molecule is COCC(NC(=O)O)C(=O)N[C@@H](CCC(=O)c1ccccc1)B1O[C@@H]2C[C@@H]3C[C@@H](C3(C)C)[C@]2(C)O1. The summed E-state index contributed by atoms with van der Waals surface area (Å²) < 4.78 is 17.9. The molecule has 1 aromatic rings. The molecule has 3 aliphatic carbocycles. The van der Waals surface area contributed by atoms with Crippen molar-refractivity contribution in [2.24, 2.45) is 17.3 Å². The summed E-state index contributed by atoms with van der Waals surface area (Å²) in [5, 5.41) is 14.2. The number of Topliss-reactive ketones (excluding diaryl/α,β-unsaturated/α-hetero) is 1. The molecule has 9 nitrogen and oxygen atoms in total. The predicted octanol–water partition coefficient (Wildman–Crippen LogP) is 2.68. The first-order valence-corrected chi connectivity index (χ1v) is 12.3. The number of hydrogen-bond acceptors (Lipinski definition) is 6. The van der Waals surface area contributed by atoms with Crippen molar-refractivity contribution in [2.75, 3.05) is 13.7 Å². The summed E-state index contributed by atoms with van der Waals surface area (Å²) >= 11 is 0. The Kier molecular flexibility index (Phi) is 7.27. The highest BCUT2D eigenvalue weighted by Crippen LogP contribution is 2.65. The Morgan fingerprint density at radius 1 is 1.17 bits per heavy atom. The molecule has 2 bridgehead atoms. The van der Waals surface area contributed by atoms with E-state index < -0.39 is 36.7 Å². The first kappa shape index (κ1) is 25.7. The van der Waals surface area contributed by atoms with Gasteiger partial charge in [-0.1, -0.05) is 44.2 Å². The van der Waals surface area contributed by atoms with Crippen molar-refractivity contribution >= 4 is 24.9 Å². The van der Waals surface area contributed by atoms with Gasteiger partial charge in [-0.05, 0) is 43.4 Å². The highest BCUT2D eigenvalue weighted by molar-refractivity contribution is 6.48. The van der Waals surface area contributed by atoms with E-state index in [-0.39, 0.29) is 36.8 Å². The third kappa shape index (κ3) is 4.97. The molecule has 1 saturated heterocycles. The van der Waals surface area contributed by atoms with E-state index in [1.54, 1.807) is 12.1 Å². The molecule has 35 heavy (non-hydrogen) atoms. The van der Waals surface area contributed by atoms with Crippen LogP contribution in [-0.4, -0.2) is 67.4 Å². The zero-order valence-corrected chi connectivity index (χ0v) is 20.8. The zero-order valence-electron chi connectivity index (χ0n) is 20.8. The third-order valence-corrected chi connectivity index (χ3v) is 8.35. The number of ketones is 1. The van der Waals surface area contributed by atoms with Gasteiger partial charge in [-0.3, -0.25) is 9.59 Å². The van der Waals surface area contributed by atoms with Gasteiger partial charge in [0.1, 0.15) is 6.04 Å². The molecule has 1 aromatic carbocycles. The summed E-state index contributed by atoms with van der Waals surface area (Å²) in [6.45, 7) is 6.51. The minimum atomic E-state index is -1.33. The van der Waals surface area contributed by atoms with Gasteiger partial charge in [-0.2, -0.15) is 0 Å². The molecule has 0 radical (unpaired) electrons. The summed E-state index contributed by atoms with van der Waals surface area (Å²) in [4.78, 5) is 37.0. The molecule has 0 spiro atoms. The highest BCUT2D eigenvalue weighted by atomic mass is 16.7. The van der Waals surface area contributed by atoms with Crippen LogP contribution in [0.1, 0.15) is 56.8 Å². The Morgan fingerprint density at radius 2 is 1.89 bits per heavy atom. The number of carboxylic acid groups (broad SMARTS) is 1. The largest absolute Gasteiger partial charge is 0.481 e. The molecule has 4 fully saturated rings. The van der Waals surface area contributed by atoms with E-state index in [0.717, 1.165) is 12.8 Å². The second-order valence-electron chi connectivity index (χ2n) is 10.7. The second kappa shape index (κ2) is 9.91. The lowest BCUT2D eigenvalue weighted by Gasteiger charge is -2.64. The van der Waals surface area contributed by atoms with Gasteiger partial charge in [0, 0.05) is 19.1 Å². The van der Waals surface area contributed by atoms with Crippen LogP contribution in [0.5, 0.6) is 0 Å². The van der Waals surface area contributed by atoms with Gasteiger partial charge in [-0.25, -0.2) is 4.79 Å². The summed E-state index contributed by atoms with van der Waals surface area (Å²) in [6, 6.07) is 7.88. The molecular formula is C25H35BN2O7. The fourth-order valence-corrected chi connectivity index (χ4v) is 6.18. The number of benzene rings is 1. The lowest BCUT2D eigenvalue weighted by atomic mass is 9.43. The van der Waals surface area contributed by atoms with Crippen molar-refractivity contribution in [3.63, 3.8) is 0 Å². The molecule has 0 aromatic heterocycles. The quantitative estimate of drug-likeness (QED) is 0.343. The van der Waals surface area contributed by atoms with Crippen LogP contribution in [0.2, 0.25) is 0 Å². The summed E-state index contributed by atoms with van der Waals surface area (Å²) in [6.07, 6.45) is 1.05. The first-order chi connectivity index (χ1) is 16.6. The number of hydrogen-bond donors (Lipinski definition) is 3. The van der Waals surface area contributed by atoms with Crippen LogP contribution in [0.4, 0.5) is 4.79 Å². The predicted molar refractivity (Wildman–Crippen MR) is 129 cm³/mol. The summed E-state index contributed by atoms with van der Waals surface area (Å²) in [5.41, 5.74) is 0.292. The van der Waals surface area contributed by atoms with Gasteiger partial charge in [-0.15, -0.1) is 0 Å². The van der Waals surface area contributed by atoms with Crippen molar-refractivity contribution in [3.8, 4) is 0 Å². The van der Waals surface area contributed by atoms with Crippen molar-refractivity contribution in [1.29, 1.82) is 0 Å². The zero-order chi connectivity index (χ0) is 25.4. The molecule has 3 saturated carbocycles. The van der Waals surface area contributed by atoms with E-state index in [9.17, 15) is 14.4 Å². The maximum Gasteiger partial charge on any atom is 0.481 e. The fraction of sp³-hybridized carbons (Fsp3) is 0.640. The topological polar surface area (TPSA) is 123 Å². The number of amides is 2. The Balaban J connectivity index is 1.50. The first-order valence-electron chi connectivity index (χ1n) is 12.3. The van der Waals surface area contributed by atoms with Crippen molar-refractivity contribution in [1.82, 2.24) is 10.6 Å². The minimum Gasteiger partial charge on any atom is -0.465 e. The molecule has 2 amide bonds. The van der Waals surface area contributed by atoms with Crippen LogP contribution < -0.4 is 10.6 Å². The maximum absolute atomic E-state index is 13.0. The Bertz CT molecular complexity index is 958. The minimum absolute atomic E-state index is 0.0491. The van der Waals surface area contributed by atoms with Crippen molar-refractivity contribution in [3.05, 3.63) is 35.9 Å². The van der Waals surface area contributed by atoms with Gasteiger partial charge in [0.25, 0.3) is 0 Å². The van der Waals surface area contributed by atoms with Gasteiger partial charge in [0.2, 0.25) is 5.91 Å². The molecule has 4 aliphatic rings. The molecule has 6 atom stereocenters. The Labute approximate surface area is 206 Å². The van der Waals surface area contributed by atoms with Crippen LogP contribution in [0.3, 0.4) is 0 Å². The smallest absolute Gasteiger partial charge is 0.465 e. The number of methoxy groups -OCH3 is 1. The third-order valence-electron chi connectivity index (χ3n) is 8.35. The normalized spacial score (nSPS) is 29.9. The molecule has 10 heteroatoms. The van der Waals surface area contributed by atoms with E-state index in [4.69, 9.17) is 19.2 Å². The summed E-state index contributed by atoms with van der Waals surface area (Å²) in [7, 11) is 0.656. The standard InChI is InChI=1S/C25H35BN2O7/c1-24(2)16-12-19(24)25(3)20(13-16)34-26(35-25)21(11-10-18(29)15-8-6-5-7-9-15)28-22(30)17(14-33-4)27-23(31)32/h5-9,16-17,19-21,27H,10-14H2,1-4H3,(H,28,30)(H,31,32)/t16-,17?,19-,20+,21-,25-/m0/s1. The lowest BCUT2D eigenvalue weighted by Crippen LogP contribution is -2.65. The fourth-order valence-electron chi connectivity index (χ4n) is 6.18. The average Bonchev–Trinajstić information content (AvgIpc) is 3.18. The second-order valence-corrected chi connectivity index (χ2v) is 10.7. The van der Waals surface area contributed by atoms with Crippen LogP contribution >= 0.6 is 0 Å². The molecule has 5 rings (SSSR count). The number of carbonyl (C=O) groups is 3. The summed E-state index contributed by atoms with van der Waals surface area (Å²) in [5.74, 6) is -0.310. The van der Waals surface area contributed by atoms with Gasteiger partial charge in [0.05, 0.1) is 24.3 Å². The van der Waals surface area contributed by atoms with Crippen LogP contribution in [0.25, 0.3) is 0 Å². The number of ether oxygens (including phenoxy) is 1. The van der Waals surface area contributed by atoms with E-state index >= 15 is 0 Å². The molecule has 1 aliphatic heterocycles. The monoisotopic (exact) mass is 486 g/mol. The van der Waals surface area contributed by atoms with E-state index in [1.807, 2.05) is 18.2 Å². The van der Waals surface area contributed by atoms with Crippen LogP contribution in [0.15, 0.2) is 30.3 Å². The number of carbonyl (C=O) groups excluding carboxylic acids is 2. The van der Waals surface area contributed by atoms with Gasteiger partial charge >= 0.3 is 13.2 Å². The van der Waals surface area contributed by atoms with Crippen LogP contribution in [0, 0.1) is 17.3 Å². The van der Waals surface area contributed by atoms with E-state index in [1.165, 1.54) is 7.11 Å². The Hall–Kier alpha value is -2.43. The molecule has 1 heterocycles. The van der Waals surface area contributed by atoms with Gasteiger partial charge in [0.15, 0.2) is 5.78 Å². The average molecular weight is 486 g/mol. The van der Waals surface area contributed by atoms with Crippen molar-refractivity contribution in [2.45, 2.75) is 70.1 Å². The Morgan fingerprint density at radius 3 is 2.51 bits per heavy atom. The number of rotatable bonds is 10. The molecular weight excluding hydrogens is 451 g/mol. The maximum atomic E-state index is 13.0. The molecule has 3 N–H and O–H groups in total. The van der Waals surface area contributed by atoms with E-state index in [2.05, 4.69) is 31.4 Å². The van der Waals surface area contributed by atoms with Crippen LogP contribution in [-0.2, 0) is 18.8 Å². The number of nitrogens with one attached hydrogen (secondary N) is 2. The highest BCUT2D eigenvalue weighted by Gasteiger charge is 2.68. The van der Waals surface area contributed by atoms with E-state index in [0.29, 0.717) is 17.4 Å². The van der Waals surface area contributed by atoms with Gasteiger partial charge < -0.3 is 29.8 Å². The lowest BCUT2D eigenvalue weighted by molar-refractivity contribution is -0.199.